The molecular weight excluding hydrogens is 248 g/mol. The van der Waals surface area contributed by atoms with E-state index < -0.39 is 0 Å². The Hall–Kier alpha value is -0.760. The van der Waals surface area contributed by atoms with E-state index in [0.29, 0.717) is 12.0 Å². The van der Waals surface area contributed by atoms with Gasteiger partial charge in [0.05, 0.1) is 11.9 Å². The molecule has 2 nitrogen and oxygen atoms in total. The minimum Gasteiger partial charge on any atom is -0.470 e. The second-order valence-corrected chi connectivity index (χ2v) is 6.27. The Bertz CT molecular complexity index is 350. The molecule has 2 rings (SSSR count). The lowest BCUT2D eigenvalue weighted by atomic mass is 9.91. The first kappa shape index (κ1) is 15.6. The summed E-state index contributed by atoms with van der Waals surface area (Å²) in [5.74, 6) is 1.78. The normalized spacial score (nSPS) is 23.8. The van der Waals surface area contributed by atoms with Gasteiger partial charge in [0.2, 0.25) is 0 Å². The molecule has 0 N–H and O–H groups in total. The zero-order valence-corrected chi connectivity index (χ0v) is 13.4. The topological polar surface area (TPSA) is 18.5 Å². The molecule has 0 radical (unpaired) electrons. The summed E-state index contributed by atoms with van der Waals surface area (Å²) in [6.07, 6.45) is 14.5. The highest BCUT2D eigenvalue weighted by atomic mass is 16.7. The fourth-order valence-corrected chi connectivity index (χ4v) is 3.12. The highest BCUT2D eigenvalue weighted by Gasteiger charge is 2.19. The Labute approximate surface area is 124 Å². The van der Waals surface area contributed by atoms with Gasteiger partial charge >= 0.3 is 0 Å². The van der Waals surface area contributed by atoms with Crippen molar-refractivity contribution in [3.8, 4) is 0 Å². The van der Waals surface area contributed by atoms with Crippen LogP contribution in [0.25, 0.3) is 0 Å². The van der Waals surface area contributed by atoms with E-state index >= 15 is 0 Å². The number of hydrogen-bond acceptors (Lipinski definition) is 2. The largest absolute Gasteiger partial charge is 0.470 e. The number of hydrogen-bond donors (Lipinski definition) is 0. The van der Waals surface area contributed by atoms with Crippen molar-refractivity contribution in [1.29, 1.82) is 0 Å². The highest BCUT2D eigenvalue weighted by Crippen LogP contribution is 2.28. The van der Waals surface area contributed by atoms with E-state index in [1.165, 1.54) is 38.5 Å². The SMILES string of the molecule is CCC(C)C1=CC=C(OC(C)OC2CCCCC2)CC1. The molecule has 1 saturated carbocycles. The summed E-state index contributed by atoms with van der Waals surface area (Å²) in [4.78, 5) is 0. The molecular formula is C18H30O2. The first-order valence-electron chi connectivity index (χ1n) is 8.40. The minimum absolute atomic E-state index is 0.108. The molecule has 0 aliphatic heterocycles. The van der Waals surface area contributed by atoms with Gasteiger partial charge in [0, 0.05) is 6.42 Å². The van der Waals surface area contributed by atoms with E-state index in [-0.39, 0.29) is 6.29 Å². The van der Waals surface area contributed by atoms with Crippen molar-refractivity contribution in [2.45, 2.75) is 84.5 Å². The van der Waals surface area contributed by atoms with Gasteiger partial charge in [0.1, 0.15) is 0 Å². The molecule has 0 bridgehead atoms. The summed E-state index contributed by atoms with van der Waals surface area (Å²) in [5, 5.41) is 0. The van der Waals surface area contributed by atoms with Gasteiger partial charge in [-0.1, -0.05) is 44.8 Å². The lowest BCUT2D eigenvalue weighted by Gasteiger charge is -2.27. The maximum Gasteiger partial charge on any atom is 0.196 e. The zero-order chi connectivity index (χ0) is 14.4. The Morgan fingerprint density at radius 3 is 2.45 bits per heavy atom. The van der Waals surface area contributed by atoms with Crippen LogP contribution in [0.1, 0.15) is 72.1 Å². The summed E-state index contributed by atoms with van der Waals surface area (Å²) in [6, 6.07) is 0. The summed E-state index contributed by atoms with van der Waals surface area (Å²) in [7, 11) is 0. The van der Waals surface area contributed by atoms with Crippen LogP contribution in [0.5, 0.6) is 0 Å². The average molecular weight is 278 g/mol. The summed E-state index contributed by atoms with van der Waals surface area (Å²) in [5.41, 5.74) is 1.56. The highest BCUT2D eigenvalue weighted by molar-refractivity contribution is 5.22. The van der Waals surface area contributed by atoms with E-state index in [1.807, 2.05) is 6.92 Å². The molecule has 0 spiro atoms. The van der Waals surface area contributed by atoms with Crippen LogP contribution in [0.15, 0.2) is 23.5 Å². The van der Waals surface area contributed by atoms with Crippen molar-refractivity contribution in [3.05, 3.63) is 23.5 Å². The smallest absolute Gasteiger partial charge is 0.196 e. The Balaban J connectivity index is 1.78. The first-order valence-corrected chi connectivity index (χ1v) is 8.40. The average Bonchev–Trinajstić information content (AvgIpc) is 2.48. The predicted octanol–water partition coefficient (Wildman–Crippen LogP) is 5.35. The molecule has 2 atom stereocenters. The van der Waals surface area contributed by atoms with Crippen LogP contribution in [0.3, 0.4) is 0 Å². The monoisotopic (exact) mass is 278 g/mol. The third-order valence-corrected chi connectivity index (χ3v) is 4.64. The van der Waals surface area contributed by atoms with Gasteiger partial charge in [0.15, 0.2) is 6.29 Å². The van der Waals surface area contributed by atoms with Crippen molar-refractivity contribution < 1.29 is 9.47 Å². The Morgan fingerprint density at radius 2 is 1.85 bits per heavy atom. The lowest BCUT2D eigenvalue weighted by molar-refractivity contribution is -0.146. The van der Waals surface area contributed by atoms with Crippen molar-refractivity contribution in [1.82, 2.24) is 0 Å². The second-order valence-electron chi connectivity index (χ2n) is 6.27. The van der Waals surface area contributed by atoms with Crippen LogP contribution in [0, 0.1) is 5.92 Å². The summed E-state index contributed by atoms with van der Waals surface area (Å²) in [6.45, 7) is 6.59. The first-order chi connectivity index (χ1) is 9.69. The fraction of sp³-hybridized carbons (Fsp3) is 0.778. The quantitative estimate of drug-likeness (QED) is 0.610. The maximum atomic E-state index is 6.01. The number of ether oxygens (including phenoxy) is 2. The molecule has 0 saturated heterocycles. The molecule has 0 heterocycles. The summed E-state index contributed by atoms with van der Waals surface area (Å²) >= 11 is 0. The lowest BCUT2D eigenvalue weighted by Crippen LogP contribution is -2.24. The van der Waals surface area contributed by atoms with Crippen molar-refractivity contribution in [2.75, 3.05) is 0 Å². The van der Waals surface area contributed by atoms with Crippen molar-refractivity contribution >= 4 is 0 Å². The van der Waals surface area contributed by atoms with Crippen LogP contribution >= 0.6 is 0 Å². The third kappa shape index (κ3) is 4.66. The van der Waals surface area contributed by atoms with Gasteiger partial charge in [-0.25, -0.2) is 0 Å². The molecule has 0 aromatic heterocycles. The van der Waals surface area contributed by atoms with Gasteiger partial charge in [-0.3, -0.25) is 0 Å². The molecule has 2 aliphatic rings. The Kier molecular flexibility index (Phi) is 6.15. The van der Waals surface area contributed by atoms with Gasteiger partial charge in [-0.05, 0) is 44.6 Å². The zero-order valence-electron chi connectivity index (χ0n) is 13.4. The molecule has 0 aromatic rings. The standard InChI is InChI=1S/C18H30O2/c1-4-14(2)16-10-12-18(13-11-16)20-15(3)19-17-8-6-5-7-9-17/h10,12,14-15,17H,4-9,11,13H2,1-3H3. The maximum absolute atomic E-state index is 6.01. The van der Waals surface area contributed by atoms with Crippen LogP contribution < -0.4 is 0 Å². The van der Waals surface area contributed by atoms with Crippen LogP contribution in [0.2, 0.25) is 0 Å². The third-order valence-electron chi connectivity index (χ3n) is 4.64. The van der Waals surface area contributed by atoms with Gasteiger partial charge in [-0.15, -0.1) is 0 Å². The molecule has 0 amide bonds. The number of rotatable bonds is 6. The van der Waals surface area contributed by atoms with E-state index in [0.717, 1.165) is 18.6 Å². The number of allylic oxidation sites excluding steroid dienone is 4. The predicted molar refractivity (Wildman–Crippen MR) is 83.4 cm³/mol. The van der Waals surface area contributed by atoms with Crippen LogP contribution in [-0.4, -0.2) is 12.4 Å². The van der Waals surface area contributed by atoms with Gasteiger partial charge in [0.25, 0.3) is 0 Å². The summed E-state index contributed by atoms with van der Waals surface area (Å²) < 4.78 is 12.0. The minimum atomic E-state index is -0.108. The second kappa shape index (κ2) is 7.87. The van der Waals surface area contributed by atoms with Gasteiger partial charge in [-0.2, -0.15) is 0 Å². The molecule has 2 aliphatic carbocycles. The van der Waals surface area contributed by atoms with E-state index in [2.05, 4.69) is 26.0 Å². The molecule has 20 heavy (non-hydrogen) atoms. The van der Waals surface area contributed by atoms with Crippen molar-refractivity contribution in [3.63, 3.8) is 0 Å². The van der Waals surface area contributed by atoms with Crippen molar-refractivity contribution in [2.24, 2.45) is 5.92 Å². The van der Waals surface area contributed by atoms with E-state index in [9.17, 15) is 0 Å². The molecule has 114 valence electrons. The molecule has 1 fully saturated rings. The van der Waals surface area contributed by atoms with E-state index in [4.69, 9.17) is 9.47 Å². The molecule has 2 unspecified atom stereocenters. The van der Waals surface area contributed by atoms with Gasteiger partial charge < -0.3 is 9.47 Å². The van der Waals surface area contributed by atoms with Crippen LogP contribution in [-0.2, 0) is 9.47 Å². The van der Waals surface area contributed by atoms with E-state index in [1.54, 1.807) is 5.57 Å². The Morgan fingerprint density at radius 1 is 1.10 bits per heavy atom. The fourth-order valence-electron chi connectivity index (χ4n) is 3.12. The van der Waals surface area contributed by atoms with Crippen LogP contribution in [0.4, 0.5) is 0 Å². The molecule has 0 aromatic carbocycles. The molecule has 2 heteroatoms.